The number of rotatable bonds is 9. The molecule has 0 saturated heterocycles. The Morgan fingerprint density at radius 3 is 2.79 bits per heavy atom. The normalized spacial score (nSPS) is 11.2. The van der Waals surface area contributed by atoms with Gasteiger partial charge < -0.3 is 23.0 Å². The molecule has 0 aliphatic heterocycles. The van der Waals surface area contributed by atoms with Gasteiger partial charge in [0.05, 0.1) is 20.0 Å². The van der Waals surface area contributed by atoms with E-state index in [0.717, 1.165) is 5.56 Å². The van der Waals surface area contributed by atoms with Gasteiger partial charge in [-0.25, -0.2) is 4.79 Å². The molecule has 3 aromatic rings. The maximum Gasteiger partial charge on any atom is 0.331 e. The zero-order chi connectivity index (χ0) is 20.6. The number of benzene rings is 1. The van der Waals surface area contributed by atoms with Gasteiger partial charge in [0.2, 0.25) is 0 Å². The zero-order valence-electron chi connectivity index (χ0n) is 16.5. The predicted octanol–water partition coefficient (Wildman–Crippen LogP) is 4.13. The maximum atomic E-state index is 12.0. The van der Waals surface area contributed by atoms with Gasteiger partial charge in [-0.2, -0.15) is 0 Å². The minimum atomic E-state index is -0.540. The fourth-order valence-corrected chi connectivity index (χ4v) is 2.32. The van der Waals surface area contributed by atoms with Crippen molar-refractivity contribution in [2.75, 3.05) is 13.7 Å². The van der Waals surface area contributed by atoms with Gasteiger partial charge in [0.25, 0.3) is 11.8 Å². The molecule has 3 rings (SSSR count). The number of hydrogen-bond acceptors (Lipinski definition) is 8. The smallest absolute Gasteiger partial charge is 0.331 e. The highest BCUT2D eigenvalue weighted by atomic mass is 16.5. The molecular formula is C21H22N2O6. The van der Waals surface area contributed by atoms with Gasteiger partial charge in [-0.3, -0.25) is 0 Å². The summed E-state index contributed by atoms with van der Waals surface area (Å²) in [7, 11) is 1.57. The number of esters is 1. The van der Waals surface area contributed by atoms with Gasteiger partial charge in [0, 0.05) is 6.08 Å². The van der Waals surface area contributed by atoms with E-state index in [-0.39, 0.29) is 18.4 Å². The standard InChI is InChI=1S/C21H22N2O6/c1-14(2)12-27-16-8-6-15(11-18(16)25-3)7-9-20(24)28-13-19-22-23-21(29-19)17-5-4-10-26-17/h4-11,14H,12-13H2,1-3H3/b9-7+. The maximum absolute atomic E-state index is 12.0. The van der Waals surface area contributed by atoms with Gasteiger partial charge in [0.15, 0.2) is 23.9 Å². The van der Waals surface area contributed by atoms with E-state index in [2.05, 4.69) is 24.0 Å². The first-order chi connectivity index (χ1) is 14.0. The van der Waals surface area contributed by atoms with Crippen molar-refractivity contribution < 1.29 is 27.8 Å². The number of carbonyl (C=O) groups excluding carboxylic acids is 1. The van der Waals surface area contributed by atoms with Crippen molar-refractivity contribution in [2.24, 2.45) is 5.92 Å². The predicted molar refractivity (Wildman–Crippen MR) is 104 cm³/mol. The lowest BCUT2D eigenvalue weighted by Crippen LogP contribution is -2.05. The SMILES string of the molecule is COc1cc(/C=C/C(=O)OCc2nnc(-c3ccco3)o2)ccc1OCC(C)C. The lowest BCUT2D eigenvalue weighted by atomic mass is 10.2. The molecule has 0 fully saturated rings. The molecule has 0 saturated carbocycles. The van der Waals surface area contributed by atoms with Crippen molar-refractivity contribution in [3.8, 4) is 23.1 Å². The van der Waals surface area contributed by atoms with Gasteiger partial charge >= 0.3 is 5.97 Å². The summed E-state index contributed by atoms with van der Waals surface area (Å²) >= 11 is 0. The highest BCUT2D eigenvalue weighted by molar-refractivity contribution is 5.87. The van der Waals surface area contributed by atoms with Crippen LogP contribution in [0.15, 0.2) is 51.5 Å². The van der Waals surface area contributed by atoms with Crippen LogP contribution in [-0.4, -0.2) is 29.9 Å². The first-order valence-corrected chi connectivity index (χ1v) is 9.07. The zero-order valence-corrected chi connectivity index (χ0v) is 16.5. The third kappa shape index (κ3) is 5.71. The molecular weight excluding hydrogens is 376 g/mol. The second-order valence-electron chi connectivity index (χ2n) is 6.53. The molecule has 8 heteroatoms. The van der Waals surface area contributed by atoms with Crippen molar-refractivity contribution in [1.82, 2.24) is 10.2 Å². The molecule has 29 heavy (non-hydrogen) atoms. The van der Waals surface area contributed by atoms with Gasteiger partial charge in [-0.15, -0.1) is 10.2 Å². The Morgan fingerprint density at radius 2 is 2.07 bits per heavy atom. The first kappa shape index (κ1) is 20.2. The highest BCUT2D eigenvalue weighted by Gasteiger charge is 2.12. The van der Waals surface area contributed by atoms with E-state index in [9.17, 15) is 4.79 Å². The molecule has 8 nitrogen and oxygen atoms in total. The van der Waals surface area contributed by atoms with Crippen LogP contribution in [0.25, 0.3) is 17.7 Å². The topological polar surface area (TPSA) is 96.8 Å². The fourth-order valence-electron chi connectivity index (χ4n) is 2.32. The van der Waals surface area contributed by atoms with Crippen molar-refractivity contribution in [3.63, 3.8) is 0 Å². The Labute approximate surface area is 168 Å². The largest absolute Gasteiger partial charge is 0.493 e. The average Bonchev–Trinajstić information content (AvgIpc) is 3.40. The van der Waals surface area contributed by atoms with Crippen LogP contribution in [0.1, 0.15) is 25.3 Å². The van der Waals surface area contributed by atoms with E-state index < -0.39 is 5.97 Å². The Morgan fingerprint density at radius 1 is 1.21 bits per heavy atom. The van der Waals surface area contributed by atoms with Crippen LogP contribution in [0.5, 0.6) is 11.5 Å². The molecule has 0 spiro atoms. The molecule has 0 bridgehead atoms. The Hall–Kier alpha value is -3.55. The summed E-state index contributed by atoms with van der Waals surface area (Å²) in [5, 5.41) is 7.65. The number of hydrogen-bond donors (Lipinski definition) is 0. The summed E-state index contributed by atoms with van der Waals surface area (Å²) < 4.78 is 26.7. The Bertz CT molecular complexity index is 959. The molecule has 0 amide bonds. The van der Waals surface area contributed by atoms with Crippen LogP contribution in [0.3, 0.4) is 0 Å². The van der Waals surface area contributed by atoms with Gasteiger partial charge in [-0.1, -0.05) is 19.9 Å². The highest BCUT2D eigenvalue weighted by Crippen LogP contribution is 2.29. The molecule has 0 aliphatic rings. The lowest BCUT2D eigenvalue weighted by Gasteiger charge is -2.12. The van der Waals surface area contributed by atoms with Crippen LogP contribution >= 0.6 is 0 Å². The first-order valence-electron chi connectivity index (χ1n) is 9.07. The molecule has 0 atom stereocenters. The van der Waals surface area contributed by atoms with E-state index in [1.165, 1.54) is 12.3 Å². The third-order valence-electron chi connectivity index (χ3n) is 3.71. The number of carbonyl (C=O) groups is 1. The average molecular weight is 398 g/mol. The van der Waals surface area contributed by atoms with E-state index >= 15 is 0 Å². The summed E-state index contributed by atoms with van der Waals surface area (Å²) in [5.41, 5.74) is 0.772. The van der Waals surface area contributed by atoms with E-state index in [0.29, 0.717) is 29.8 Å². The van der Waals surface area contributed by atoms with E-state index in [1.807, 2.05) is 6.07 Å². The van der Waals surface area contributed by atoms with Crippen LogP contribution in [0, 0.1) is 5.92 Å². The summed E-state index contributed by atoms with van der Waals surface area (Å²) in [6.07, 6.45) is 4.44. The molecule has 2 heterocycles. The van der Waals surface area contributed by atoms with Gasteiger partial charge in [0.1, 0.15) is 0 Å². The Balaban J connectivity index is 1.55. The monoisotopic (exact) mass is 398 g/mol. The van der Waals surface area contributed by atoms with Crippen molar-refractivity contribution in [2.45, 2.75) is 20.5 Å². The van der Waals surface area contributed by atoms with Crippen LogP contribution < -0.4 is 9.47 Å². The van der Waals surface area contributed by atoms with Crippen LogP contribution in [-0.2, 0) is 16.1 Å². The minimum Gasteiger partial charge on any atom is -0.493 e. The molecule has 0 unspecified atom stereocenters. The van der Waals surface area contributed by atoms with Crippen molar-refractivity contribution in [3.05, 3.63) is 54.1 Å². The molecule has 0 radical (unpaired) electrons. The van der Waals surface area contributed by atoms with E-state index in [4.69, 9.17) is 23.0 Å². The third-order valence-corrected chi connectivity index (χ3v) is 3.71. The molecule has 1 aromatic carbocycles. The molecule has 2 aromatic heterocycles. The minimum absolute atomic E-state index is 0.137. The quantitative estimate of drug-likeness (QED) is 0.392. The van der Waals surface area contributed by atoms with Crippen molar-refractivity contribution >= 4 is 12.0 Å². The number of furan rings is 1. The Kier molecular flexibility index (Phi) is 6.67. The number of nitrogens with zero attached hydrogens (tertiary/aromatic N) is 2. The summed E-state index contributed by atoms with van der Waals surface area (Å²) in [6.45, 7) is 4.60. The van der Waals surface area contributed by atoms with Crippen molar-refractivity contribution in [1.29, 1.82) is 0 Å². The second-order valence-corrected chi connectivity index (χ2v) is 6.53. The number of methoxy groups -OCH3 is 1. The molecule has 152 valence electrons. The second kappa shape index (κ2) is 9.59. The lowest BCUT2D eigenvalue weighted by molar-refractivity contribution is -0.139. The molecule has 0 aliphatic carbocycles. The van der Waals surface area contributed by atoms with Crippen LogP contribution in [0.4, 0.5) is 0 Å². The number of ether oxygens (including phenoxy) is 3. The van der Waals surface area contributed by atoms with E-state index in [1.54, 1.807) is 37.5 Å². The molecule has 0 N–H and O–H groups in total. The fraction of sp³-hybridized carbons (Fsp3) is 0.286. The summed E-state index contributed by atoms with van der Waals surface area (Å²) in [5.74, 6) is 1.96. The summed E-state index contributed by atoms with van der Waals surface area (Å²) in [6, 6.07) is 8.82. The van der Waals surface area contributed by atoms with Gasteiger partial charge in [-0.05, 0) is 41.8 Å². The summed E-state index contributed by atoms with van der Waals surface area (Å²) in [4.78, 5) is 12.0. The number of aromatic nitrogens is 2. The van der Waals surface area contributed by atoms with Crippen LogP contribution in [0.2, 0.25) is 0 Å².